The van der Waals surface area contributed by atoms with Crippen LogP contribution in [0.25, 0.3) is 0 Å². The summed E-state index contributed by atoms with van der Waals surface area (Å²) in [5.74, 6) is 0.0215. The molecule has 0 unspecified atom stereocenters. The molecule has 88 valence electrons. The van der Waals surface area contributed by atoms with E-state index in [1.54, 1.807) is 0 Å². The standard InChI is InChI=1S/C13H20N2O/c1-4-5-11-6-8-12(9-7-11)14-13(16)10-15(2)3/h6-9H,4-5,10H2,1-3H3,(H,14,16). The topological polar surface area (TPSA) is 32.3 Å². The number of benzene rings is 1. The first-order valence-electron chi connectivity index (χ1n) is 5.65. The van der Waals surface area contributed by atoms with Crippen molar-refractivity contribution < 1.29 is 4.79 Å². The number of aryl methyl sites for hydroxylation is 1. The third-order valence-electron chi connectivity index (χ3n) is 2.24. The highest BCUT2D eigenvalue weighted by atomic mass is 16.2. The largest absolute Gasteiger partial charge is 0.325 e. The molecule has 1 amide bonds. The normalized spacial score (nSPS) is 10.5. The van der Waals surface area contributed by atoms with E-state index in [4.69, 9.17) is 0 Å². The predicted octanol–water partition coefficient (Wildman–Crippen LogP) is 2.14. The fourth-order valence-electron chi connectivity index (χ4n) is 1.53. The first kappa shape index (κ1) is 12.7. The minimum atomic E-state index is 0.0215. The van der Waals surface area contributed by atoms with E-state index in [0.29, 0.717) is 6.54 Å². The lowest BCUT2D eigenvalue weighted by atomic mass is 10.1. The maximum Gasteiger partial charge on any atom is 0.238 e. The van der Waals surface area contributed by atoms with Crippen LogP contribution >= 0.6 is 0 Å². The molecule has 1 N–H and O–H groups in total. The van der Waals surface area contributed by atoms with Gasteiger partial charge in [-0.05, 0) is 38.2 Å². The molecule has 0 aromatic heterocycles. The summed E-state index contributed by atoms with van der Waals surface area (Å²) >= 11 is 0. The van der Waals surface area contributed by atoms with Gasteiger partial charge < -0.3 is 10.2 Å². The lowest BCUT2D eigenvalue weighted by molar-refractivity contribution is -0.116. The number of rotatable bonds is 5. The Kier molecular flexibility index (Phi) is 4.99. The van der Waals surface area contributed by atoms with E-state index in [0.717, 1.165) is 18.5 Å². The lowest BCUT2D eigenvalue weighted by Crippen LogP contribution is -2.27. The third kappa shape index (κ3) is 4.45. The average Bonchev–Trinajstić information content (AvgIpc) is 2.20. The van der Waals surface area contributed by atoms with Gasteiger partial charge in [0.1, 0.15) is 0 Å². The second kappa shape index (κ2) is 6.28. The molecule has 0 aliphatic heterocycles. The van der Waals surface area contributed by atoms with Gasteiger partial charge in [-0.25, -0.2) is 0 Å². The molecular weight excluding hydrogens is 200 g/mol. The SMILES string of the molecule is CCCc1ccc(NC(=O)CN(C)C)cc1. The van der Waals surface area contributed by atoms with E-state index < -0.39 is 0 Å². The van der Waals surface area contributed by atoms with E-state index in [2.05, 4.69) is 24.4 Å². The van der Waals surface area contributed by atoms with Crippen LogP contribution in [0.2, 0.25) is 0 Å². The first-order chi connectivity index (χ1) is 7.61. The van der Waals surface area contributed by atoms with E-state index in [-0.39, 0.29) is 5.91 Å². The molecule has 1 aromatic rings. The summed E-state index contributed by atoms with van der Waals surface area (Å²) in [5, 5.41) is 2.86. The first-order valence-corrected chi connectivity index (χ1v) is 5.65. The van der Waals surface area contributed by atoms with Crippen molar-refractivity contribution in [2.45, 2.75) is 19.8 Å². The number of anilines is 1. The molecule has 3 heteroatoms. The Balaban J connectivity index is 2.51. The van der Waals surface area contributed by atoms with Crippen LogP contribution in [0.15, 0.2) is 24.3 Å². The fourth-order valence-corrected chi connectivity index (χ4v) is 1.53. The molecule has 0 saturated carbocycles. The molecule has 0 fully saturated rings. The monoisotopic (exact) mass is 220 g/mol. The van der Waals surface area contributed by atoms with E-state index in [1.165, 1.54) is 5.56 Å². The Morgan fingerprint density at radius 1 is 1.25 bits per heavy atom. The van der Waals surface area contributed by atoms with Crippen LogP contribution < -0.4 is 5.32 Å². The molecule has 0 radical (unpaired) electrons. The fraction of sp³-hybridized carbons (Fsp3) is 0.462. The minimum Gasteiger partial charge on any atom is -0.325 e. The van der Waals surface area contributed by atoms with Crippen LogP contribution in [0.3, 0.4) is 0 Å². The highest BCUT2D eigenvalue weighted by Gasteiger charge is 2.03. The summed E-state index contributed by atoms with van der Waals surface area (Å²) in [4.78, 5) is 13.3. The highest BCUT2D eigenvalue weighted by Crippen LogP contribution is 2.10. The van der Waals surface area contributed by atoms with Gasteiger partial charge in [-0.3, -0.25) is 4.79 Å². The zero-order valence-electron chi connectivity index (χ0n) is 10.3. The van der Waals surface area contributed by atoms with Gasteiger partial charge >= 0.3 is 0 Å². The molecule has 0 atom stereocenters. The highest BCUT2D eigenvalue weighted by molar-refractivity contribution is 5.92. The molecule has 0 aliphatic carbocycles. The van der Waals surface area contributed by atoms with Gasteiger partial charge in [0.25, 0.3) is 0 Å². The Morgan fingerprint density at radius 2 is 1.88 bits per heavy atom. The number of nitrogens with zero attached hydrogens (tertiary/aromatic N) is 1. The zero-order valence-corrected chi connectivity index (χ0v) is 10.3. The molecule has 1 rings (SSSR count). The van der Waals surface area contributed by atoms with Gasteiger partial charge in [-0.2, -0.15) is 0 Å². The van der Waals surface area contributed by atoms with Gasteiger partial charge in [0, 0.05) is 5.69 Å². The van der Waals surface area contributed by atoms with Crippen molar-refractivity contribution in [2.75, 3.05) is 26.0 Å². The molecule has 0 saturated heterocycles. The third-order valence-corrected chi connectivity index (χ3v) is 2.24. The molecule has 0 heterocycles. The smallest absolute Gasteiger partial charge is 0.238 e. The maximum atomic E-state index is 11.5. The van der Waals surface area contributed by atoms with Crippen molar-refractivity contribution in [1.29, 1.82) is 0 Å². The lowest BCUT2D eigenvalue weighted by Gasteiger charge is -2.10. The quantitative estimate of drug-likeness (QED) is 0.824. The van der Waals surface area contributed by atoms with Gasteiger partial charge in [0.05, 0.1) is 6.54 Å². The second-order valence-electron chi connectivity index (χ2n) is 4.23. The number of nitrogens with one attached hydrogen (secondary N) is 1. The van der Waals surface area contributed by atoms with Crippen molar-refractivity contribution in [3.8, 4) is 0 Å². The van der Waals surface area contributed by atoms with E-state index in [1.807, 2.05) is 31.1 Å². The number of amides is 1. The molecule has 0 aliphatic rings. The Morgan fingerprint density at radius 3 is 2.38 bits per heavy atom. The molecule has 3 nitrogen and oxygen atoms in total. The van der Waals surface area contributed by atoms with Crippen LogP contribution in [0.4, 0.5) is 5.69 Å². The number of carbonyl (C=O) groups is 1. The average molecular weight is 220 g/mol. The van der Waals surface area contributed by atoms with Gasteiger partial charge in [0.2, 0.25) is 5.91 Å². The molecule has 0 bridgehead atoms. The van der Waals surface area contributed by atoms with Crippen molar-refractivity contribution in [3.63, 3.8) is 0 Å². The van der Waals surface area contributed by atoms with E-state index in [9.17, 15) is 4.79 Å². The van der Waals surface area contributed by atoms with Crippen molar-refractivity contribution in [1.82, 2.24) is 4.90 Å². The van der Waals surface area contributed by atoms with Crippen molar-refractivity contribution >= 4 is 11.6 Å². The Bertz CT molecular complexity index is 330. The van der Waals surface area contributed by atoms with Crippen molar-refractivity contribution in [2.24, 2.45) is 0 Å². The number of hydrogen-bond donors (Lipinski definition) is 1. The Labute approximate surface area is 97.5 Å². The van der Waals surface area contributed by atoms with Crippen LogP contribution in [-0.2, 0) is 11.2 Å². The van der Waals surface area contributed by atoms with Crippen LogP contribution in [-0.4, -0.2) is 31.4 Å². The molecule has 0 spiro atoms. The van der Waals surface area contributed by atoms with Gasteiger partial charge in [-0.15, -0.1) is 0 Å². The Hall–Kier alpha value is -1.35. The van der Waals surface area contributed by atoms with E-state index >= 15 is 0 Å². The molecule has 16 heavy (non-hydrogen) atoms. The number of likely N-dealkylation sites (N-methyl/N-ethyl adjacent to an activating group) is 1. The van der Waals surface area contributed by atoms with Crippen molar-refractivity contribution in [3.05, 3.63) is 29.8 Å². The summed E-state index contributed by atoms with van der Waals surface area (Å²) in [6.45, 7) is 2.57. The summed E-state index contributed by atoms with van der Waals surface area (Å²) < 4.78 is 0. The summed E-state index contributed by atoms with van der Waals surface area (Å²) in [5.41, 5.74) is 2.18. The van der Waals surface area contributed by atoms with Gasteiger partial charge in [-0.1, -0.05) is 25.5 Å². The molecule has 1 aromatic carbocycles. The van der Waals surface area contributed by atoms with Crippen LogP contribution in [0.1, 0.15) is 18.9 Å². The summed E-state index contributed by atoms with van der Waals surface area (Å²) in [6, 6.07) is 8.04. The van der Waals surface area contributed by atoms with Crippen LogP contribution in [0, 0.1) is 0 Å². The second-order valence-corrected chi connectivity index (χ2v) is 4.23. The zero-order chi connectivity index (χ0) is 12.0. The minimum absolute atomic E-state index is 0.0215. The number of carbonyl (C=O) groups excluding carboxylic acids is 1. The molecular formula is C13H20N2O. The van der Waals surface area contributed by atoms with Gasteiger partial charge in [0.15, 0.2) is 0 Å². The summed E-state index contributed by atoms with van der Waals surface area (Å²) in [7, 11) is 3.76. The maximum absolute atomic E-state index is 11.5. The van der Waals surface area contributed by atoms with Crippen LogP contribution in [0.5, 0.6) is 0 Å². The summed E-state index contributed by atoms with van der Waals surface area (Å²) in [6.07, 6.45) is 2.23. The predicted molar refractivity (Wildman–Crippen MR) is 67.6 cm³/mol. The number of hydrogen-bond acceptors (Lipinski definition) is 2.